The highest BCUT2D eigenvalue weighted by Crippen LogP contribution is 2.35. The summed E-state index contributed by atoms with van der Waals surface area (Å²) in [4.78, 5) is 36.8. The summed E-state index contributed by atoms with van der Waals surface area (Å²) in [5.41, 5.74) is 0.871. The Morgan fingerprint density at radius 3 is 2.34 bits per heavy atom. The van der Waals surface area contributed by atoms with Gasteiger partial charge in [-0.25, -0.2) is 4.79 Å². The largest absolute Gasteiger partial charge is 0.507 e. The van der Waals surface area contributed by atoms with Gasteiger partial charge in [0.05, 0.1) is 12.4 Å². The quantitative estimate of drug-likeness (QED) is 0.281. The molecular weight excluding hydrogens is 470 g/mol. The minimum atomic E-state index is -0.973. The van der Waals surface area contributed by atoms with Gasteiger partial charge in [-0.3, -0.25) is 14.9 Å². The highest BCUT2D eigenvalue weighted by Gasteiger charge is 2.30. The molecule has 3 aromatic rings. The number of imide groups is 1. The molecule has 2 N–H and O–H groups in total. The monoisotopic (exact) mass is 497 g/mol. The Morgan fingerprint density at radius 1 is 0.971 bits per heavy atom. The first-order valence-corrected chi connectivity index (χ1v) is 11.7. The number of esters is 1. The number of aromatic hydroxyl groups is 1. The van der Waals surface area contributed by atoms with Crippen LogP contribution in [0.4, 0.5) is 4.79 Å². The molecule has 0 unspecified atom stereocenters. The fourth-order valence-corrected chi connectivity index (χ4v) is 3.76. The van der Waals surface area contributed by atoms with E-state index in [9.17, 15) is 19.5 Å². The maximum absolute atomic E-state index is 12.8. The highest BCUT2D eigenvalue weighted by molar-refractivity contribution is 7.81. The molecule has 0 aromatic heterocycles. The van der Waals surface area contributed by atoms with Gasteiger partial charge in [-0.15, -0.1) is 0 Å². The number of benzene rings is 3. The molecule has 0 aliphatic rings. The lowest BCUT2D eigenvalue weighted by Crippen LogP contribution is -2.36. The molecule has 184 valence electrons. The van der Waals surface area contributed by atoms with Crippen LogP contribution in [0.3, 0.4) is 0 Å². The maximum atomic E-state index is 12.8. The van der Waals surface area contributed by atoms with Crippen LogP contribution in [0, 0.1) is 0 Å². The van der Waals surface area contributed by atoms with Crippen molar-refractivity contribution in [1.29, 1.82) is 0 Å². The Kier molecular flexibility index (Phi) is 9.51. The van der Waals surface area contributed by atoms with E-state index in [0.29, 0.717) is 28.5 Å². The van der Waals surface area contributed by atoms with Crippen molar-refractivity contribution in [3.63, 3.8) is 0 Å². The van der Waals surface area contributed by atoms with Crippen molar-refractivity contribution >= 4 is 41.4 Å². The lowest BCUT2D eigenvalue weighted by molar-refractivity contribution is -0.142. The molecule has 0 aliphatic carbocycles. The van der Waals surface area contributed by atoms with E-state index >= 15 is 0 Å². The zero-order valence-electron chi connectivity index (χ0n) is 19.2. The predicted molar refractivity (Wildman–Crippen MR) is 134 cm³/mol. The lowest BCUT2D eigenvalue weighted by atomic mass is 9.95. The van der Waals surface area contributed by atoms with Crippen LogP contribution in [0.15, 0.2) is 66.7 Å². The molecule has 35 heavy (non-hydrogen) atoms. The van der Waals surface area contributed by atoms with Crippen LogP contribution in [0.5, 0.6) is 5.75 Å². The second-order valence-electron chi connectivity index (χ2n) is 7.53. The molecule has 0 fully saturated rings. The summed E-state index contributed by atoms with van der Waals surface area (Å²) in [6, 6.07) is 18.5. The molecule has 3 rings (SSSR count). The van der Waals surface area contributed by atoms with Crippen molar-refractivity contribution in [3.8, 4) is 5.75 Å². The number of fused-ring (bicyclic) bond motifs is 1. The number of alkyl carbamates (subject to hydrolysis) is 1. The van der Waals surface area contributed by atoms with Gasteiger partial charge < -0.3 is 19.3 Å². The fraction of sp³-hybridized carbons (Fsp3) is 0.269. The number of carbonyl (C=O) groups excluding carboxylic acids is 3. The van der Waals surface area contributed by atoms with Crippen LogP contribution in [0.1, 0.15) is 35.4 Å². The number of ether oxygens (including phenoxy) is 3. The van der Waals surface area contributed by atoms with Gasteiger partial charge >= 0.3 is 12.1 Å². The lowest BCUT2D eigenvalue weighted by Gasteiger charge is -2.28. The molecular formula is C26H27NO7S. The molecule has 0 saturated carbocycles. The summed E-state index contributed by atoms with van der Waals surface area (Å²) in [7, 11) is 0. The number of hydrogen-bond acceptors (Lipinski definition) is 8. The second kappa shape index (κ2) is 12.8. The number of carbonyl (C=O) groups is 3. The van der Waals surface area contributed by atoms with E-state index < -0.39 is 30.2 Å². The topological polar surface area (TPSA) is 111 Å². The summed E-state index contributed by atoms with van der Waals surface area (Å²) >= 11 is 3.90. The van der Waals surface area contributed by atoms with Gasteiger partial charge in [-0.2, -0.15) is 12.6 Å². The van der Waals surface area contributed by atoms with Gasteiger partial charge in [0.15, 0.2) is 6.10 Å². The Balaban J connectivity index is 1.91. The number of phenolic OH excluding ortho intramolecular Hbond substituents is 1. The zero-order chi connectivity index (χ0) is 25.2. The van der Waals surface area contributed by atoms with Gasteiger partial charge in [0.2, 0.25) is 0 Å². The average Bonchev–Trinajstić information content (AvgIpc) is 2.88. The first-order chi connectivity index (χ1) is 16.9. The molecule has 3 aromatic carbocycles. The first kappa shape index (κ1) is 26.1. The van der Waals surface area contributed by atoms with E-state index in [1.807, 2.05) is 0 Å². The summed E-state index contributed by atoms with van der Waals surface area (Å²) < 4.78 is 16.8. The van der Waals surface area contributed by atoms with Crippen molar-refractivity contribution in [1.82, 2.24) is 5.32 Å². The molecule has 0 saturated heterocycles. The summed E-state index contributed by atoms with van der Waals surface area (Å²) in [6.45, 7) is 2.11. The first-order valence-electron chi connectivity index (χ1n) is 11.1. The number of phenols is 1. The van der Waals surface area contributed by atoms with E-state index in [1.54, 1.807) is 67.6 Å². The predicted octanol–water partition coefficient (Wildman–Crippen LogP) is 4.42. The number of thiol groups is 1. The van der Waals surface area contributed by atoms with Crippen molar-refractivity contribution in [2.75, 3.05) is 19.0 Å². The molecule has 8 nitrogen and oxygen atoms in total. The van der Waals surface area contributed by atoms with Crippen molar-refractivity contribution in [2.45, 2.75) is 25.6 Å². The van der Waals surface area contributed by atoms with Gasteiger partial charge in [-0.05, 0) is 30.5 Å². The normalized spacial score (nSPS) is 12.5. The van der Waals surface area contributed by atoms with Gasteiger partial charge in [0, 0.05) is 29.5 Å². The minimum Gasteiger partial charge on any atom is -0.507 e. The van der Waals surface area contributed by atoms with Crippen LogP contribution < -0.4 is 5.32 Å². The average molecular weight is 498 g/mol. The fourth-order valence-electron chi connectivity index (χ4n) is 3.66. The molecule has 0 heterocycles. The van der Waals surface area contributed by atoms with Crippen molar-refractivity contribution in [2.24, 2.45) is 0 Å². The van der Waals surface area contributed by atoms with E-state index in [2.05, 4.69) is 17.9 Å². The van der Waals surface area contributed by atoms with Crippen LogP contribution in [-0.2, 0) is 19.0 Å². The van der Waals surface area contributed by atoms with Crippen LogP contribution in [-0.4, -0.2) is 48.1 Å². The molecule has 0 aliphatic heterocycles. The van der Waals surface area contributed by atoms with E-state index in [0.717, 1.165) is 0 Å². The van der Waals surface area contributed by atoms with Crippen molar-refractivity contribution < 1.29 is 33.7 Å². The molecule has 0 radical (unpaired) electrons. The highest BCUT2D eigenvalue weighted by atomic mass is 32.1. The number of amides is 2. The third-order valence-corrected chi connectivity index (χ3v) is 5.50. The van der Waals surface area contributed by atoms with Gasteiger partial charge in [-0.1, -0.05) is 48.5 Å². The van der Waals surface area contributed by atoms with Crippen LogP contribution >= 0.6 is 12.6 Å². The van der Waals surface area contributed by atoms with Crippen LogP contribution in [0.25, 0.3) is 10.8 Å². The summed E-state index contributed by atoms with van der Waals surface area (Å²) in [5.74, 6) is -1.09. The number of hydrogen-bond donors (Lipinski definition) is 3. The zero-order valence-corrected chi connectivity index (χ0v) is 20.1. The van der Waals surface area contributed by atoms with E-state index in [1.165, 1.54) is 6.07 Å². The van der Waals surface area contributed by atoms with Gasteiger partial charge in [0.1, 0.15) is 11.9 Å². The van der Waals surface area contributed by atoms with Gasteiger partial charge in [0.25, 0.3) is 5.91 Å². The molecule has 2 atom stereocenters. The van der Waals surface area contributed by atoms with E-state index in [-0.39, 0.29) is 24.5 Å². The summed E-state index contributed by atoms with van der Waals surface area (Å²) in [5, 5.41) is 13.8. The molecule has 0 spiro atoms. The third-order valence-electron chi connectivity index (χ3n) is 5.24. The summed E-state index contributed by atoms with van der Waals surface area (Å²) in [6.07, 6.45) is -2.43. The smallest absolute Gasteiger partial charge is 0.414 e. The Morgan fingerprint density at radius 2 is 1.66 bits per heavy atom. The van der Waals surface area contributed by atoms with Crippen LogP contribution in [0.2, 0.25) is 0 Å². The molecule has 0 bridgehead atoms. The molecule has 2 amide bonds. The SMILES string of the molecule is CCO[C@@H](CCOC(=O)CS)[C@@H](OC(=O)NC(=O)c1ccccc1)c1ccc(O)c2ccccc12. The third kappa shape index (κ3) is 6.97. The Hall–Kier alpha value is -3.56. The number of rotatable bonds is 10. The number of nitrogens with one attached hydrogen (secondary N) is 1. The Bertz CT molecular complexity index is 1170. The van der Waals surface area contributed by atoms with E-state index in [4.69, 9.17) is 14.2 Å². The standard InChI is InChI=1S/C26H27NO7S/c1-2-32-22(14-15-33-23(29)16-35)24(20-12-13-21(28)19-11-7-6-10-18(19)20)34-26(31)27-25(30)17-8-4-3-5-9-17/h3-13,22,24,28,35H,2,14-16H2,1H3,(H,27,30,31)/t22-,24-/m0/s1. The molecule has 9 heteroatoms. The Labute approximate surface area is 208 Å². The second-order valence-corrected chi connectivity index (χ2v) is 7.84. The maximum Gasteiger partial charge on any atom is 0.414 e. The van der Waals surface area contributed by atoms with Crippen molar-refractivity contribution in [3.05, 3.63) is 77.9 Å². The minimum absolute atomic E-state index is 0.0184.